The van der Waals surface area contributed by atoms with Gasteiger partial charge in [0, 0.05) is 12.6 Å². The van der Waals surface area contributed by atoms with Crippen LogP contribution in [0.15, 0.2) is 17.2 Å². The lowest BCUT2D eigenvalue weighted by molar-refractivity contribution is 0.0924. The molecule has 4 nitrogen and oxygen atoms in total. The minimum atomic E-state index is 0.0324. The number of hydrogen-bond donors (Lipinski definition) is 2. The van der Waals surface area contributed by atoms with Gasteiger partial charge in [0.15, 0.2) is 0 Å². The molecule has 1 aliphatic carbocycles. The van der Waals surface area contributed by atoms with Crippen molar-refractivity contribution in [1.82, 2.24) is 10.3 Å². The molecular formula is C18H29N3OS. The minimum Gasteiger partial charge on any atom is -0.370 e. The molecule has 0 saturated heterocycles. The Bertz CT molecular complexity index is 501. The topological polar surface area (TPSA) is 54.0 Å². The van der Waals surface area contributed by atoms with E-state index in [4.69, 9.17) is 0 Å². The molecule has 0 atom stereocenters. The summed E-state index contributed by atoms with van der Waals surface area (Å²) in [7, 11) is 0. The van der Waals surface area contributed by atoms with Crippen LogP contribution in [0.1, 0.15) is 69.2 Å². The zero-order valence-corrected chi connectivity index (χ0v) is 15.2. The Morgan fingerprint density at radius 2 is 2.00 bits per heavy atom. The van der Waals surface area contributed by atoms with Crippen molar-refractivity contribution in [2.24, 2.45) is 0 Å². The number of pyridine rings is 1. The molecule has 1 heterocycles. The van der Waals surface area contributed by atoms with Crippen LogP contribution in [-0.4, -0.2) is 29.2 Å². The molecule has 0 radical (unpaired) electrons. The number of nitrogens with one attached hydrogen (secondary N) is 2. The maximum absolute atomic E-state index is 12.6. The van der Waals surface area contributed by atoms with Gasteiger partial charge in [-0.1, -0.05) is 33.1 Å². The maximum Gasteiger partial charge on any atom is 0.254 e. The van der Waals surface area contributed by atoms with Gasteiger partial charge >= 0.3 is 0 Å². The van der Waals surface area contributed by atoms with Crippen LogP contribution in [0, 0.1) is 0 Å². The largest absolute Gasteiger partial charge is 0.370 e. The van der Waals surface area contributed by atoms with Crippen molar-refractivity contribution >= 4 is 23.5 Å². The first-order valence-corrected chi connectivity index (χ1v) is 9.91. The summed E-state index contributed by atoms with van der Waals surface area (Å²) in [6.45, 7) is 5.18. The first kappa shape index (κ1) is 18.1. The number of nitrogens with zero attached hydrogens (tertiary/aromatic N) is 1. The Morgan fingerprint density at radius 3 is 2.70 bits per heavy atom. The second-order valence-corrected chi connectivity index (χ2v) is 7.22. The molecule has 0 spiro atoms. The van der Waals surface area contributed by atoms with Crippen molar-refractivity contribution in [1.29, 1.82) is 0 Å². The zero-order valence-electron chi connectivity index (χ0n) is 14.4. The molecule has 1 fully saturated rings. The van der Waals surface area contributed by atoms with Crippen molar-refractivity contribution in [2.45, 2.75) is 69.9 Å². The average Bonchev–Trinajstić information content (AvgIpc) is 2.59. The van der Waals surface area contributed by atoms with Crippen molar-refractivity contribution in [3.63, 3.8) is 0 Å². The van der Waals surface area contributed by atoms with Crippen LogP contribution in [-0.2, 0) is 0 Å². The molecule has 1 saturated carbocycles. The Morgan fingerprint density at radius 1 is 1.22 bits per heavy atom. The van der Waals surface area contributed by atoms with Gasteiger partial charge in [-0.05, 0) is 43.6 Å². The maximum atomic E-state index is 12.6. The van der Waals surface area contributed by atoms with E-state index in [2.05, 4.69) is 29.5 Å². The van der Waals surface area contributed by atoms with Crippen LogP contribution in [0.5, 0.6) is 0 Å². The number of rotatable bonds is 8. The van der Waals surface area contributed by atoms with Crippen molar-refractivity contribution < 1.29 is 4.79 Å². The van der Waals surface area contributed by atoms with Gasteiger partial charge in [0.1, 0.15) is 10.8 Å². The van der Waals surface area contributed by atoms with Crippen molar-refractivity contribution in [3.05, 3.63) is 17.7 Å². The summed E-state index contributed by atoms with van der Waals surface area (Å²) >= 11 is 1.67. The van der Waals surface area contributed by atoms with Gasteiger partial charge in [0.05, 0.1) is 5.56 Å². The summed E-state index contributed by atoms with van der Waals surface area (Å²) in [5.41, 5.74) is 0.719. The number of anilines is 1. The quantitative estimate of drug-likeness (QED) is 0.688. The van der Waals surface area contributed by atoms with Gasteiger partial charge in [-0.3, -0.25) is 4.79 Å². The van der Waals surface area contributed by atoms with E-state index in [9.17, 15) is 4.79 Å². The standard InChI is InChI=1S/C18H29N3OS/c1-3-12-19-16-11-10-15(18(21-16)23-13-4-2)17(22)20-14-8-6-5-7-9-14/h10-11,14H,3-9,12-13H2,1-2H3,(H,19,21)(H,20,22). The SMILES string of the molecule is CCCNc1ccc(C(=O)NC2CCCCC2)c(SCCC)n1. The summed E-state index contributed by atoms with van der Waals surface area (Å²) in [4.78, 5) is 17.3. The fourth-order valence-electron chi connectivity index (χ4n) is 2.78. The lowest BCUT2D eigenvalue weighted by Gasteiger charge is -2.23. The van der Waals surface area contributed by atoms with Crippen LogP contribution in [0.3, 0.4) is 0 Å². The fourth-order valence-corrected chi connectivity index (χ4v) is 3.66. The Kier molecular flexibility index (Phi) is 7.72. The molecule has 0 aromatic carbocycles. The van der Waals surface area contributed by atoms with Crippen LogP contribution >= 0.6 is 11.8 Å². The first-order chi connectivity index (χ1) is 11.2. The van der Waals surface area contributed by atoms with Crippen molar-refractivity contribution in [2.75, 3.05) is 17.6 Å². The van der Waals surface area contributed by atoms with E-state index in [1.165, 1.54) is 19.3 Å². The molecule has 5 heteroatoms. The molecule has 128 valence electrons. The third-order valence-corrected chi connectivity index (χ3v) is 5.24. The highest BCUT2D eigenvalue weighted by molar-refractivity contribution is 7.99. The molecule has 0 aliphatic heterocycles. The highest BCUT2D eigenvalue weighted by Gasteiger charge is 2.19. The van der Waals surface area contributed by atoms with Crippen LogP contribution in [0.25, 0.3) is 0 Å². The molecule has 1 aliphatic rings. The minimum absolute atomic E-state index is 0.0324. The van der Waals surface area contributed by atoms with E-state index in [0.717, 1.165) is 54.4 Å². The number of thioether (sulfide) groups is 1. The van der Waals surface area contributed by atoms with E-state index in [1.54, 1.807) is 11.8 Å². The van der Waals surface area contributed by atoms with Gasteiger partial charge in [0.2, 0.25) is 0 Å². The molecule has 1 aromatic rings. The molecule has 0 unspecified atom stereocenters. The molecule has 2 N–H and O–H groups in total. The lowest BCUT2D eigenvalue weighted by Crippen LogP contribution is -2.36. The number of amides is 1. The van der Waals surface area contributed by atoms with E-state index in [1.807, 2.05) is 12.1 Å². The van der Waals surface area contributed by atoms with Crippen molar-refractivity contribution in [3.8, 4) is 0 Å². The summed E-state index contributed by atoms with van der Waals surface area (Å²) in [5.74, 6) is 1.87. The van der Waals surface area contributed by atoms with E-state index < -0.39 is 0 Å². The average molecular weight is 336 g/mol. The first-order valence-electron chi connectivity index (χ1n) is 8.93. The lowest BCUT2D eigenvalue weighted by atomic mass is 9.95. The highest BCUT2D eigenvalue weighted by Crippen LogP contribution is 2.24. The van der Waals surface area contributed by atoms with E-state index in [-0.39, 0.29) is 5.91 Å². The van der Waals surface area contributed by atoms with Gasteiger partial charge < -0.3 is 10.6 Å². The smallest absolute Gasteiger partial charge is 0.254 e. The van der Waals surface area contributed by atoms with Crippen LogP contribution in [0.2, 0.25) is 0 Å². The predicted molar refractivity (Wildman–Crippen MR) is 98.4 cm³/mol. The third-order valence-electron chi connectivity index (χ3n) is 4.04. The molecule has 1 aromatic heterocycles. The third kappa shape index (κ3) is 5.72. The number of carbonyl (C=O) groups is 1. The van der Waals surface area contributed by atoms with Gasteiger partial charge in [-0.25, -0.2) is 4.98 Å². The van der Waals surface area contributed by atoms with Crippen LogP contribution in [0.4, 0.5) is 5.82 Å². The van der Waals surface area contributed by atoms with Gasteiger partial charge in [0.25, 0.3) is 5.91 Å². The summed E-state index contributed by atoms with van der Waals surface area (Å²) in [6, 6.07) is 4.17. The second-order valence-electron chi connectivity index (χ2n) is 6.13. The van der Waals surface area contributed by atoms with Gasteiger partial charge in [-0.2, -0.15) is 0 Å². The van der Waals surface area contributed by atoms with Crippen LogP contribution < -0.4 is 10.6 Å². The molecule has 2 rings (SSSR count). The normalized spacial score (nSPS) is 15.4. The molecule has 0 bridgehead atoms. The predicted octanol–water partition coefficient (Wildman–Crippen LogP) is 4.47. The molecule has 23 heavy (non-hydrogen) atoms. The monoisotopic (exact) mass is 335 g/mol. The molecular weight excluding hydrogens is 306 g/mol. The Hall–Kier alpha value is -1.23. The number of aromatic nitrogens is 1. The molecule has 1 amide bonds. The summed E-state index contributed by atoms with van der Waals surface area (Å²) in [6.07, 6.45) is 8.08. The van der Waals surface area contributed by atoms with Gasteiger partial charge in [-0.15, -0.1) is 11.8 Å². The number of carbonyl (C=O) groups excluding carboxylic acids is 1. The Labute approximate surface area is 144 Å². The number of hydrogen-bond acceptors (Lipinski definition) is 4. The fraction of sp³-hybridized carbons (Fsp3) is 0.667. The summed E-state index contributed by atoms with van der Waals surface area (Å²) < 4.78 is 0. The second kappa shape index (κ2) is 9.81. The highest BCUT2D eigenvalue weighted by atomic mass is 32.2. The summed E-state index contributed by atoms with van der Waals surface area (Å²) in [5, 5.41) is 7.35. The Balaban J connectivity index is 2.08. The van der Waals surface area contributed by atoms with E-state index >= 15 is 0 Å². The zero-order chi connectivity index (χ0) is 16.5. The van der Waals surface area contributed by atoms with E-state index in [0.29, 0.717) is 6.04 Å².